The zero-order chi connectivity index (χ0) is 15.2. The van der Waals surface area contributed by atoms with Crippen molar-refractivity contribution in [3.8, 4) is 11.8 Å². The van der Waals surface area contributed by atoms with Gasteiger partial charge >= 0.3 is 0 Å². The van der Waals surface area contributed by atoms with Gasteiger partial charge in [0.15, 0.2) is 0 Å². The molecule has 0 fully saturated rings. The largest absolute Gasteiger partial charge is 0.493 e. The molecule has 0 radical (unpaired) electrons. The van der Waals surface area contributed by atoms with Gasteiger partial charge in [0.1, 0.15) is 10.1 Å². The van der Waals surface area contributed by atoms with Gasteiger partial charge in [-0.05, 0) is 29.8 Å². The van der Waals surface area contributed by atoms with Gasteiger partial charge in [0.25, 0.3) is 0 Å². The fourth-order valence-electron chi connectivity index (χ4n) is 2.03. The molecule has 0 bridgehead atoms. The van der Waals surface area contributed by atoms with E-state index in [1.165, 1.54) is 5.56 Å². The Morgan fingerprint density at radius 2 is 2.14 bits per heavy atom. The molecule has 0 unspecified atom stereocenters. The van der Waals surface area contributed by atoms with Crippen LogP contribution in [0.5, 0.6) is 5.75 Å². The van der Waals surface area contributed by atoms with Gasteiger partial charge in [0, 0.05) is 11.5 Å². The van der Waals surface area contributed by atoms with Crippen LogP contribution < -0.4 is 4.74 Å². The second-order valence-corrected chi connectivity index (χ2v) is 6.94. The van der Waals surface area contributed by atoms with Crippen molar-refractivity contribution in [2.45, 2.75) is 5.75 Å². The number of hydrogen-bond acceptors (Lipinski definition) is 5. The number of rotatable bonds is 4. The highest BCUT2D eigenvalue weighted by Gasteiger charge is 2.12. The molecule has 5 heteroatoms. The second kappa shape index (κ2) is 7.39. The highest BCUT2D eigenvalue weighted by molar-refractivity contribution is 8.38. The molecule has 110 valence electrons. The molecule has 0 aromatic heterocycles. The smallest absolute Gasteiger partial charge is 0.131 e. The van der Waals surface area contributed by atoms with Crippen LogP contribution >= 0.6 is 23.5 Å². The lowest BCUT2D eigenvalue weighted by Crippen LogP contribution is -2.03. The van der Waals surface area contributed by atoms with Crippen molar-refractivity contribution >= 4 is 33.6 Å². The lowest BCUT2D eigenvalue weighted by atomic mass is 10.2. The lowest BCUT2D eigenvalue weighted by molar-refractivity contribution is 0.344. The molecule has 0 spiro atoms. The van der Waals surface area contributed by atoms with Crippen molar-refractivity contribution in [1.82, 2.24) is 0 Å². The molecule has 1 aliphatic rings. The van der Waals surface area contributed by atoms with E-state index in [0.29, 0.717) is 12.2 Å². The predicted octanol–water partition coefficient (Wildman–Crippen LogP) is 4.60. The highest BCUT2D eigenvalue weighted by atomic mass is 32.2. The van der Waals surface area contributed by atoms with E-state index in [1.54, 1.807) is 35.7 Å². The van der Waals surface area contributed by atoms with E-state index in [2.05, 4.69) is 29.3 Å². The zero-order valence-corrected chi connectivity index (χ0v) is 13.5. The first-order chi connectivity index (χ1) is 10.8. The number of hydrogen-bond donors (Lipinski definition) is 0. The number of nitriles is 1. The van der Waals surface area contributed by atoms with Crippen molar-refractivity contribution < 1.29 is 4.74 Å². The molecule has 0 saturated carbocycles. The first-order valence-corrected chi connectivity index (χ1v) is 8.87. The average molecular weight is 326 g/mol. The summed E-state index contributed by atoms with van der Waals surface area (Å²) in [4.78, 5) is 4.66. The maximum atomic E-state index is 8.86. The minimum Gasteiger partial charge on any atom is -0.493 e. The Labute approximate surface area is 138 Å². The van der Waals surface area contributed by atoms with Crippen molar-refractivity contribution in [3.63, 3.8) is 0 Å². The van der Waals surface area contributed by atoms with Crippen molar-refractivity contribution in [3.05, 3.63) is 59.7 Å². The summed E-state index contributed by atoms with van der Waals surface area (Å²) in [6, 6.07) is 17.6. The minimum atomic E-state index is 0.598. The molecule has 2 aromatic rings. The highest BCUT2D eigenvalue weighted by Crippen LogP contribution is 2.34. The Hall–Kier alpha value is -1.90. The second-order valence-electron chi connectivity index (χ2n) is 4.63. The molecule has 0 saturated heterocycles. The molecule has 0 atom stereocenters. The monoisotopic (exact) mass is 326 g/mol. The van der Waals surface area contributed by atoms with E-state index in [-0.39, 0.29) is 0 Å². The third-order valence-corrected chi connectivity index (χ3v) is 5.30. The van der Waals surface area contributed by atoms with Gasteiger partial charge < -0.3 is 4.74 Å². The summed E-state index contributed by atoms with van der Waals surface area (Å²) in [5.41, 5.74) is 2.99. The van der Waals surface area contributed by atoms with Crippen molar-refractivity contribution in [1.29, 1.82) is 5.26 Å². The molecule has 22 heavy (non-hydrogen) atoms. The van der Waals surface area contributed by atoms with Crippen LogP contribution in [0.2, 0.25) is 0 Å². The van der Waals surface area contributed by atoms with Gasteiger partial charge in [-0.15, -0.1) is 0 Å². The summed E-state index contributed by atoms with van der Waals surface area (Å²) in [7, 11) is 0. The zero-order valence-electron chi connectivity index (χ0n) is 11.9. The molecule has 3 nitrogen and oxygen atoms in total. The molecule has 0 aliphatic carbocycles. The first kappa shape index (κ1) is 15.0. The van der Waals surface area contributed by atoms with E-state index in [9.17, 15) is 0 Å². The number of fused-ring (bicyclic) bond motifs is 1. The predicted molar refractivity (Wildman–Crippen MR) is 93.9 cm³/mol. The molecular weight excluding hydrogens is 312 g/mol. The molecule has 3 rings (SSSR count). The summed E-state index contributed by atoms with van der Waals surface area (Å²) in [5, 5.41) is 8.86. The Bertz CT molecular complexity index is 737. The topological polar surface area (TPSA) is 45.4 Å². The van der Waals surface area contributed by atoms with Crippen LogP contribution in [0.25, 0.3) is 0 Å². The molecule has 2 aromatic carbocycles. The normalized spacial score (nSPS) is 13.0. The van der Waals surface area contributed by atoms with E-state index in [1.807, 2.05) is 18.2 Å². The van der Waals surface area contributed by atoms with Crippen LogP contribution in [0.3, 0.4) is 0 Å². The van der Waals surface area contributed by atoms with Crippen LogP contribution in [0.15, 0.2) is 53.5 Å². The number of benzene rings is 2. The fourth-order valence-corrected chi connectivity index (χ4v) is 3.98. The SMILES string of the molecule is N#Cc1cccc(OCCSC2=Nc3ccccc3CS2)c1. The number of para-hydroxylation sites is 1. The third-order valence-electron chi connectivity index (χ3n) is 3.10. The van der Waals surface area contributed by atoms with Crippen molar-refractivity contribution in [2.24, 2.45) is 4.99 Å². The summed E-state index contributed by atoms with van der Waals surface area (Å²) >= 11 is 3.49. The van der Waals surface area contributed by atoms with Gasteiger partial charge in [-0.3, -0.25) is 0 Å². The fraction of sp³-hybridized carbons (Fsp3) is 0.176. The van der Waals surface area contributed by atoms with Gasteiger partial charge in [-0.1, -0.05) is 47.8 Å². The Balaban J connectivity index is 1.50. The van der Waals surface area contributed by atoms with Crippen LogP contribution in [-0.2, 0) is 5.75 Å². The van der Waals surface area contributed by atoms with Crippen LogP contribution in [0.1, 0.15) is 11.1 Å². The van der Waals surface area contributed by atoms with Crippen LogP contribution in [0.4, 0.5) is 5.69 Å². The van der Waals surface area contributed by atoms with Gasteiger partial charge in [-0.2, -0.15) is 5.26 Å². The van der Waals surface area contributed by atoms with E-state index in [4.69, 9.17) is 10.00 Å². The van der Waals surface area contributed by atoms with Crippen LogP contribution in [0, 0.1) is 11.3 Å². The molecule has 1 heterocycles. The van der Waals surface area contributed by atoms with Gasteiger partial charge in [0.05, 0.1) is 23.9 Å². The van der Waals surface area contributed by atoms with Crippen LogP contribution in [-0.4, -0.2) is 16.7 Å². The number of nitrogens with zero attached hydrogens (tertiary/aromatic N) is 2. The lowest BCUT2D eigenvalue weighted by Gasteiger charge is -2.14. The Morgan fingerprint density at radius 3 is 3.05 bits per heavy atom. The standard InChI is InChI=1S/C17H14N2OS2/c18-11-13-4-3-6-15(10-13)20-8-9-21-17-19-16-7-2-1-5-14(16)12-22-17/h1-7,10H,8-9,12H2. The third kappa shape index (κ3) is 3.85. The van der Waals surface area contributed by atoms with E-state index in [0.717, 1.165) is 27.3 Å². The van der Waals surface area contributed by atoms with Crippen molar-refractivity contribution in [2.75, 3.05) is 12.4 Å². The Kier molecular flexibility index (Phi) is 5.04. The maximum absolute atomic E-state index is 8.86. The summed E-state index contributed by atoms with van der Waals surface area (Å²) in [6.07, 6.45) is 0. The number of thioether (sulfide) groups is 2. The summed E-state index contributed by atoms with van der Waals surface area (Å²) < 4.78 is 6.76. The summed E-state index contributed by atoms with van der Waals surface area (Å²) in [6.45, 7) is 0.598. The van der Waals surface area contributed by atoms with E-state index >= 15 is 0 Å². The van der Waals surface area contributed by atoms with E-state index < -0.39 is 0 Å². The van der Waals surface area contributed by atoms with Gasteiger partial charge in [0.2, 0.25) is 0 Å². The quantitative estimate of drug-likeness (QED) is 0.770. The molecule has 1 aliphatic heterocycles. The first-order valence-electron chi connectivity index (χ1n) is 6.90. The Morgan fingerprint density at radius 1 is 1.23 bits per heavy atom. The molecule has 0 N–H and O–H groups in total. The summed E-state index contributed by atoms with van der Waals surface area (Å²) in [5.74, 6) is 2.56. The maximum Gasteiger partial charge on any atom is 0.131 e. The van der Waals surface area contributed by atoms with Gasteiger partial charge in [-0.25, -0.2) is 4.99 Å². The molecule has 0 amide bonds. The molecular formula is C17H14N2OS2. The number of aliphatic imine (C=N–C) groups is 1. The minimum absolute atomic E-state index is 0.598. The average Bonchev–Trinajstić information content (AvgIpc) is 2.59. The number of ether oxygens (including phenoxy) is 1.